The maximum atomic E-state index is 9.78. The largest absolute Gasteiger partial charge is 0.508 e. The van der Waals surface area contributed by atoms with E-state index in [0.29, 0.717) is 29.4 Å². The fraction of sp³-hybridized carbons (Fsp3) is 0.613. The monoisotopic (exact) mass is 468 g/mol. The van der Waals surface area contributed by atoms with E-state index in [-0.39, 0.29) is 10.8 Å². The second kappa shape index (κ2) is 10.0. The quantitative estimate of drug-likeness (QED) is 0.474. The summed E-state index contributed by atoms with van der Waals surface area (Å²) in [6.07, 6.45) is 6.12. The molecule has 0 unspecified atom stereocenters. The van der Waals surface area contributed by atoms with E-state index >= 15 is 0 Å². The van der Waals surface area contributed by atoms with Crippen molar-refractivity contribution in [3.05, 3.63) is 63.7 Å². The van der Waals surface area contributed by atoms with E-state index in [2.05, 4.69) is 73.6 Å². The summed E-state index contributed by atoms with van der Waals surface area (Å²) in [6, 6.07) is 12.3. The molecular formula is C31H45ClO. The molecule has 0 heterocycles. The smallest absolute Gasteiger partial charge is 0.115 e. The molecule has 2 aliphatic rings. The van der Waals surface area contributed by atoms with Crippen LogP contribution in [-0.4, -0.2) is 5.11 Å². The first-order chi connectivity index (χ1) is 15.5. The molecule has 2 aromatic carbocycles. The van der Waals surface area contributed by atoms with Gasteiger partial charge in [0.1, 0.15) is 5.75 Å². The van der Waals surface area contributed by atoms with Crippen LogP contribution >= 0.6 is 11.6 Å². The molecule has 182 valence electrons. The van der Waals surface area contributed by atoms with Gasteiger partial charge in [-0.05, 0) is 96.2 Å². The Hall–Kier alpha value is -1.47. The third-order valence-corrected chi connectivity index (χ3v) is 9.44. The van der Waals surface area contributed by atoms with Crippen molar-refractivity contribution in [3.63, 3.8) is 0 Å². The fourth-order valence-corrected chi connectivity index (χ4v) is 7.74. The molecule has 33 heavy (non-hydrogen) atoms. The average Bonchev–Trinajstić information content (AvgIpc) is 3.16. The van der Waals surface area contributed by atoms with E-state index < -0.39 is 0 Å². The van der Waals surface area contributed by atoms with Crippen molar-refractivity contribution in [2.75, 3.05) is 0 Å². The molecule has 0 spiro atoms. The van der Waals surface area contributed by atoms with Crippen LogP contribution in [0.3, 0.4) is 0 Å². The normalized spacial score (nSPS) is 18.3. The molecule has 0 atom stereocenters. The van der Waals surface area contributed by atoms with Gasteiger partial charge in [-0.1, -0.05) is 85.2 Å². The molecule has 0 saturated carbocycles. The highest BCUT2D eigenvalue weighted by Gasteiger charge is 2.45. The van der Waals surface area contributed by atoms with Crippen molar-refractivity contribution in [2.24, 2.45) is 23.7 Å². The van der Waals surface area contributed by atoms with Crippen LogP contribution < -0.4 is 0 Å². The van der Waals surface area contributed by atoms with Crippen LogP contribution in [0.2, 0.25) is 5.02 Å². The molecule has 1 N–H and O–H groups in total. The zero-order valence-corrected chi connectivity index (χ0v) is 22.9. The highest BCUT2D eigenvalue weighted by molar-refractivity contribution is 6.31. The van der Waals surface area contributed by atoms with Crippen LogP contribution in [0.4, 0.5) is 0 Å². The van der Waals surface area contributed by atoms with Crippen molar-refractivity contribution in [1.82, 2.24) is 0 Å². The van der Waals surface area contributed by atoms with Gasteiger partial charge in [0, 0.05) is 15.9 Å². The standard InChI is InChI=1S/C16H24O.C15H21Cl/c1-11(2)16(12(3)4)9-5-6-13-7-8-14(17)10-15(13)16;1-10(2)15(11(3)4)9-8-12-6-5-7-13(16)14(12)15/h7-8,10-12,17H,5-6,9H2,1-4H3;5-7,10-11H,8-9H2,1-4H3. The zero-order chi connectivity index (χ0) is 24.6. The van der Waals surface area contributed by atoms with E-state index in [0.717, 1.165) is 11.4 Å². The third kappa shape index (κ3) is 4.47. The number of hydrogen-bond acceptors (Lipinski definition) is 1. The number of aryl methyl sites for hydroxylation is 2. The topological polar surface area (TPSA) is 20.2 Å². The van der Waals surface area contributed by atoms with Gasteiger partial charge in [0.15, 0.2) is 0 Å². The second-order valence-corrected chi connectivity index (χ2v) is 12.1. The lowest BCUT2D eigenvalue weighted by Gasteiger charge is -2.46. The lowest BCUT2D eigenvalue weighted by molar-refractivity contribution is 0.185. The molecule has 2 aromatic rings. The summed E-state index contributed by atoms with van der Waals surface area (Å²) in [6.45, 7) is 18.6. The first-order valence-electron chi connectivity index (χ1n) is 13.1. The van der Waals surface area contributed by atoms with Crippen molar-refractivity contribution >= 4 is 11.6 Å². The predicted octanol–water partition coefficient (Wildman–Crippen LogP) is 9.11. The SMILES string of the molecule is CC(C)C1(C(C)C)CCCc2ccc(O)cc21.CC(C)C1(C(C)C)CCc2cccc(Cl)c21. The van der Waals surface area contributed by atoms with E-state index in [1.54, 1.807) is 0 Å². The van der Waals surface area contributed by atoms with Crippen LogP contribution in [0.1, 0.15) is 96.9 Å². The Bertz CT molecular complexity index is 937. The lowest BCUT2D eigenvalue weighted by Crippen LogP contribution is -2.41. The number of phenolic OH excluding ortho intramolecular Hbond substituents is 1. The Kier molecular flexibility index (Phi) is 7.94. The molecule has 2 heteroatoms. The molecule has 0 fully saturated rings. The van der Waals surface area contributed by atoms with Gasteiger partial charge in [-0.25, -0.2) is 0 Å². The minimum atomic E-state index is 0.242. The minimum absolute atomic E-state index is 0.242. The van der Waals surface area contributed by atoms with Crippen LogP contribution in [0, 0.1) is 23.7 Å². The Morgan fingerprint density at radius 3 is 1.91 bits per heavy atom. The van der Waals surface area contributed by atoms with Gasteiger partial charge >= 0.3 is 0 Å². The van der Waals surface area contributed by atoms with Gasteiger partial charge in [-0.15, -0.1) is 0 Å². The van der Waals surface area contributed by atoms with E-state index in [1.807, 2.05) is 18.2 Å². The predicted molar refractivity (Wildman–Crippen MR) is 144 cm³/mol. The van der Waals surface area contributed by atoms with Gasteiger partial charge in [-0.2, -0.15) is 0 Å². The maximum Gasteiger partial charge on any atom is 0.115 e. The second-order valence-electron chi connectivity index (χ2n) is 11.7. The van der Waals surface area contributed by atoms with Crippen molar-refractivity contribution < 1.29 is 5.11 Å². The first-order valence-corrected chi connectivity index (χ1v) is 13.5. The third-order valence-electron chi connectivity index (χ3n) is 9.13. The number of hydrogen-bond donors (Lipinski definition) is 1. The van der Waals surface area contributed by atoms with Crippen molar-refractivity contribution in [1.29, 1.82) is 0 Å². The van der Waals surface area contributed by atoms with Gasteiger partial charge in [0.2, 0.25) is 0 Å². The van der Waals surface area contributed by atoms with E-state index in [9.17, 15) is 5.11 Å². The van der Waals surface area contributed by atoms with Crippen molar-refractivity contribution in [3.8, 4) is 5.75 Å². The van der Waals surface area contributed by atoms with Gasteiger partial charge in [0.25, 0.3) is 0 Å². The van der Waals surface area contributed by atoms with Crippen LogP contribution in [-0.2, 0) is 23.7 Å². The number of benzene rings is 2. The van der Waals surface area contributed by atoms with Crippen molar-refractivity contribution in [2.45, 2.75) is 98.3 Å². The van der Waals surface area contributed by atoms with E-state index in [4.69, 9.17) is 11.6 Å². The number of phenols is 1. The molecule has 2 aliphatic carbocycles. The van der Waals surface area contributed by atoms with Crippen LogP contribution in [0.15, 0.2) is 36.4 Å². The molecule has 0 aliphatic heterocycles. The highest BCUT2D eigenvalue weighted by Crippen LogP contribution is 2.52. The van der Waals surface area contributed by atoms with E-state index in [1.165, 1.54) is 47.9 Å². The Morgan fingerprint density at radius 2 is 1.33 bits per heavy atom. The molecule has 4 rings (SSSR count). The number of aromatic hydroxyl groups is 1. The maximum absolute atomic E-state index is 9.78. The minimum Gasteiger partial charge on any atom is -0.508 e. The number of halogens is 1. The van der Waals surface area contributed by atoms with Gasteiger partial charge < -0.3 is 5.11 Å². The van der Waals surface area contributed by atoms with Crippen LogP contribution in [0.25, 0.3) is 0 Å². The molecule has 0 bridgehead atoms. The average molecular weight is 469 g/mol. The summed E-state index contributed by atoms with van der Waals surface area (Å²) in [7, 11) is 0. The summed E-state index contributed by atoms with van der Waals surface area (Å²) in [5.74, 6) is 2.94. The Morgan fingerprint density at radius 1 is 0.727 bits per heavy atom. The van der Waals surface area contributed by atoms with Gasteiger partial charge in [0.05, 0.1) is 0 Å². The summed E-state index contributed by atoms with van der Waals surface area (Å²) >= 11 is 6.44. The number of fused-ring (bicyclic) bond motifs is 2. The van der Waals surface area contributed by atoms with Gasteiger partial charge in [-0.3, -0.25) is 0 Å². The molecule has 0 saturated heterocycles. The van der Waals surface area contributed by atoms with Crippen LogP contribution in [0.5, 0.6) is 5.75 Å². The lowest BCUT2D eigenvalue weighted by atomic mass is 9.58. The zero-order valence-electron chi connectivity index (χ0n) is 22.1. The molecule has 0 radical (unpaired) electrons. The number of rotatable bonds is 4. The fourth-order valence-electron chi connectivity index (χ4n) is 7.37. The summed E-state index contributed by atoms with van der Waals surface area (Å²) < 4.78 is 0. The molecular weight excluding hydrogens is 424 g/mol. The summed E-state index contributed by atoms with van der Waals surface area (Å²) in [5, 5.41) is 10.8. The Balaban J connectivity index is 0.000000186. The summed E-state index contributed by atoms with van der Waals surface area (Å²) in [5.41, 5.74) is 6.27. The Labute approximate surface area is 208 Å². The molecule has 0 amide bonds. The first kappa shape index (κ1) is 26.1. The highest BCUT2D eigenvalue weighted by atomic mass is 35.5. The molecule has 0 aromatic heterocycles. The molecule has 1 nitrogen and oxygen atoms in total. The summed E-state index contributed by atoms with van der Waals surface area (Å²) in [4.78, 5) is 0.